The van der Waals surface area contributed by atoms with Crippen LogP contribution < -0.4 is 0 Å². The van der Waals surface area contributed by atoms with Gasteiger partial charge in [-0.15, -0.1) is 0 Å². The highest BCUT2D eigenvalue weighted by molar-refractivity contribution is 4.88. The van der Waals surface area contributed by atoms with Gasteiger partial charge in [-0.3, -0.25) is 9.58 Å². The van der Waals surface area contributed by atoms with Gasteiger partial charge in [-0.2, -0.15) is 10.1 Å². The van der Waals surface area contributed by atoms with Crippen LogP contribution in [0.1, 0.15) is 38.4 Å². The van der Waals surface area contributed by atoms with E-state index in [9.17, 15) is 0 Å². The predicted octanol–water partition coefficient (Wildman–Crippen LogP) is 1.77. The SMILES string of the molecule is CC(C)Cc1noc(CN2CCCC(Cn3cncn3)C2)n1. The van der Waals surface area contributed by atoms with Crippen molar-refractivity contribution in [1.82, 2.24) is 29.8 Å². The van der Waals surface area contributed by atoms with Crippen LogP contribution in [-0.4, -0.2) is 42.9 Å². The standard InChI is InChI=1S/C15H24N6O/c1-12(2)6-14-18-15(22-19-14)9-20-5-3-4-13(7-20)8-21-11-16-10-17-21/h10-13H,3-9H2,1-2H3. The van der Waals surface area contributed by atoms with Gasteiger partial charge in [0.2, 0.25) is 5.89 Å². The van der Waals surface area contributed by atoms with Crippen molar-refractivity contribution in [3.05, 3.63) is 24.4 Å². The van der Waals surface area contributed by atoms with E-state index in [4.69, 9.17) is 4.52 Å². The molecule has 0 bridgehead atoms. The van der Waals surface area contributed by atoms with Crippen molar-refractivity contribution < 1.29 is 4.52 Å². The van der Waals surface area contributed by atoms with Crippen molar-refractivity contribution in [2.75, 3.05) is 13.1 Å². The van der Waals surface area contributed by atoms with E-state index < -0.39 is 0 Å². The Hall–Kier alpha value is -1.76. The number of piperidine rings is 1. The van der Waals surface area contributed by atoms with E-state index >= 15 is 0 Å². The maximum Gasteiger partial charge on any atom is 0.240 e. The first kappa shape index (κ1) is 15.1. The Labute approximate surface area is 130 Å². The van der Waals surface area contributed by atoms with Crippen LogP contribution in [0.25, 0.3) is 0 Å². The molecular weight excluding hydrogens is 280 g/mol. The molecule has 1 aliphatic rings. The molecule has 22 heavy (non-hydrogen) atoms. The Morgan fingerprint density at radius 2 is 2.32 bits per heavy atom. The van der Waals surface area contributed by atoms with Crippen molar-refractivity contribution in [2.24, 2.45) is 11.8 Å². The molecular formula is C15H24N6O. The van der Waals surface area contributed by atoms with Crippen LogP contribution in [0.3, 0.4) is 0 Å². The molecule has 7 heteroatoms. The molecule has 3 heterocycles. The molecule has 0 spiro atoms. The molecule has 0 saturated carbocycles. The van der Waals surface area contributed by atoms with Gasteiger partial charge in [-0.05, 0) is 31.2 Å². The molecule has 7 nitrogen and oxygen atoms in total. The smallest absolute Gasteiger partial charge is 0.240 e. The minimum absolute atomic E-state index is 0.549. The van der Waals surface area contributed by atoms with E-state index in [0.717, 1.165) is 44.3 Å². The summed E-state index contributed by atoms with van der Waals surface area (Å²) in [6.45, 7) is 8.14. The van der Waals surface area contributed by atoms with Gasteiger partial charge in [0.1, 0.15) is 12.7 Å². The highest BCUT2D eigenvalue weighted by Gasteiger charge is 2.22. The zero-order valence-electron chi connectivity index (χ0n) is 13.4. The van der Waals surface area contributed by atoms with Crippen molar-refractivity contribution in [3.63, 3.8) is 0 Å². The van der Waals surface area contributed by atoms with Gasteiger partial charge >= 0.3 is 0 Å². The summed E-state index contributed by atoms with van der Waals surface area (Å²) >= 11 is 0. The minimum atomic E-state index is 0.549. The van der Waals surface area contributed by atoms with E-state index in [2.05, 4.69) is 39.0 Å². The minimum Gasteiger partial charge on any atom is -0.338 e. The molecule has 0 aliphatic carbocycles. The maximum absolute atomic E-state index is 5.38. The highest BCUT2D eigenvalue weighted by Crippen LogP contribution is 2.19. The van der Waals surface area contributed by atoms with E-state index in [0.29, 0.717) is 11.8 Å². The number of likely N-dealkylation sites (tertiary alicyclic amines) is 1. The maximum atomic E-state index is 5.38. The van der Waals surface area contributed by atoms with Gasteiger partial charge < -0.3 is 4.52 Å². The van der Waals surface area contributed by atoms with Crippen molar-refractivity contribution in [2.45, 2.75) is 46.2 Å². The van der Waals surface area contributed by atoms with Crippen molar-refractivity contribution in [3.8, 4) is 0 Å². The fourth-order valence-corrected chi connectivity index (χ4v) is 3.03. The molecule has 0 amide bonds. The highest BCUT2D eigenvalue weighted by atomic mass is 16.5. The topological polar surface area (TPSA) is 72.9 Å². The third-order valence-corrected chi connectivity index (χ3v) is 3.97. The Balaban J connectivity index is 1.52. The average molecular weight is 304 g/mol. The molecule has 1 fully saturated rings. The molecule has 3 rings (SSSR count). The summed E-state index contributed by atoms with van der Waals surface area (Å²) in [6.07, 6.45) is 6.69. The lowest BCUT2D eigenvalue weighted by Gasteiger charge is -2.31. The summed E-state index contributed by atoms with van der Waals surface area (Å²) in [5.41, 5.74) is 0. The van der Waals surface area contributed by atoms with Crippen LogP contribution in [0.4, 0.5) is 0 Å². The van der Waals surface area contributed by atoms with Crippen LogP contribution in [0.5, 0.6) is 0 Å². The number of rotatable bonds is 6. The van der Waals surface area contributed by atoms with E-state index in [1.54, 1.807) is 12.7 Å². The van der Waals surface area contributed by atoms with Crippen LogP contribution >= 0.6 is 0 Å². The Bertz CT molecular complexity index is 564. The Morgan fingerprint density at radius 3 is 3.09 bits per heavy atom. The summed E-state index contributed by atoms with van der Waals surface area (Å²) in [7, 11) is 0. The molecule has 1 saturated heterocycles. The van der Waals surface area contributed by atoms with Gasteiger partial charge in [-0.25, -0.2) is 4.98 Å². The lowest BCUT2D eigenvalue weighted by Crippen LogP contribution is -2.36. The average Bonchev–Trinajstić information content (AvgIpc) is 3.11. The normalized spacial score (nSPS) is 19.9. The zero-order chi connectivity index (χ0) is 15.4. The summed E-state index contributed by atoms with van der Waals surface area (Å²) in [5, 5.41) is 8.26. The van der Waals surface area contributed by atoms with E-state index in [1.165, 1.54) is 12.8 Å². The molecule has 0 aromatic carbocycles. The Morgan fingerprint density at radius 1 is 1.41 bits per heavy atom. The first-order valence-corrected chi connectivity index (χ1v) is 8.05. The monoisotopic (exact) mass is 304 g/mol. The van der Waals surface area contributed by atoms with Crippen molar-refractivity contribution in [1.29, 1.82) is 0 Å². The molecule has 2 aromatic heterocycles. The van der Waals surface area contributed by atoms with Gasteiger partial charge in [0, 0.05) is 19.5 Å². The number of aromatic nitrogens is 5. The third kappa shape index (κ3) is 4.13. The van der Waals surface area contributed by atoms with Crippen LogP contribution in [0.15, 0.2) is 17.2 Å². The van der Waals surface area contributed by atoms with Crippen molar-refractivity contribution >= 4 is 0 Å². The van der Waals surface area contributed by atoms with E-state index in [-0.39, 0.29) is 0 Å². The second kappa shape index (κ2) is 7.00. The Kier molecular flexibility index (Phi) is 4.82. The molecule has 120 valence electrons. The van der Waals surface area contributed by atoms with Crippen LogP contribution in [0, 0.1) is 11.8 Å². The second-order valence-corrected chi connectivity index (χ2v) is 6.56. The zero-order valence-corrected chi connectivity index (χ0v) is 13.4. The molecule has 1 unspecified atom stereocenters. The fraction of sp³-hybridized carbons (Fsp3) is 0.733. The summed E-state index contributed by atoms with van der Waals surface area (Å²) in [6, 6.07) is 0. The number of nitrogens with zero attached hydrogens (tertiary/aromatic N) is 6. The van der Waals surface area contributed by atoms with Gasteiger partial charge in [0.15, 0.2) is 5.82 Å². The first-order valence-electron chi connectivity index (χ1n) is 8.05. The second-order valence-electron chi connectivity index (χ2n) is 6.56. The number of hydrogen-bond donors (Lipinski definition) is 0. The lowest BCUT2D eigenvalue weighted by atomic mass is 9.98. The summed E-state index contributed by atoms with van der Waals surface area (Å²) in [5.74, 6) is 2.71. The molecule has 0 radical (unpaired) electrons. The fourth-order valence-electron chi connectivity index (χ4n) is 3.03. The lowest BCUT2D eigenvalue weighted by molar-refractivity contribution is 0.138. The summed E-state index contributed by atoms with van der Waals surface area (Å²) < 4.78 is 7.30. The van der Waals surface area contributed by atoms with Crippen LogP contribution in [0.2, 0.25) is 0 Å². The third-order valence-electron chi connectivity index (χ3n) is 3.97. The van der Waals surface area contributed by atoms with Gasteiger partial charge in [0.25, 0.3) is 0 Å². The molecule has 2 aromatic rings. The largest absolute Gasteiger partial charge is 0.338 e. The molecule has 0 N–H and O–H groups in total. The quantitative estimate of drug-likeness (QED) is 0.810. The van der Waals surface area contributed by atoms with Gasteiger partial charge in [-0.1, -0.05) is 19.0 Å². The molecule has 1 aliphatic heterocycles. The van der Waals surface area contributed by atoms with Crippen LogP contribution in [-0.2, 0) is 19.5 Å². The van der Waals surface area contributed by atoms with Gasteiger partial charge in [0.05, 0.1) is 6.54 Å². The summed E-state index contributed by atoms with van der Waals surface area (Å²) in [4.78, 5) is 10.9. The number of hydrogen-bond acceptors (Lipinski definition) is 6. The van der Waals surface area contributed by atoms with E-state index in [1.807, 2.05) is 4.68 Å². The predicted molar refractivity (Wildman–Crippen MR) is 80.9 cm³/mol. The first-order chi connectivity index (χ1) is 10.7. The molecule has 1 atom stereocenters.